The smallest absolute Gasteiger partial charge is 0.394 e. The minimum absolute atomic E-state index is 0.0788. The van der Waals surface area contributed by atoms with Gasteiger partial charge in [0, 0.05) is 5.57 Å². The molecule has 0 aromatic carbocycles. The van der Waals surface area contributed by atoms with E-state index >= 15 is 0 Å². The van der Waals surface area contributed by atoms with Gasteiger partial charge in [-0.15, -0.1) is 0 Å². The Bertz CT molecular complexity index is 375. The second kappa shape index (κ2) is 7.20. The number of halogens is 5. The highest BCUT2D eigenvalue weighted by Crippen LogP contribution is 2.31. The van der Waals surface area contributed by atoms with Gasteiger partial charge in [-0.25, -0.2) is 13.6 Å². The van der Waals surface area contributed by atoms with Crippen LogP contribution in [0.3, 0.4) is 0 Å². The van der Waals surface area contributed by atoms with Crippen LogP contribution in [-0.4, -0.2) is 37.3 Å². The molecule has 0 radical (unpaired) electrons. The van der Waals surface area contributed by atoms with Gasteiger partial charge < -0.3 is 9.47 Å². The van der Waals surface area contributed by atoms with Crippen molar-refractivity contribution in [3.05, 3.63) is 12.2 Å². The molecule has 116 valence electrons. The first-order valence-electron chi connectivity index (χ1n) is 5.36. The molecule has 4 nitrogen and oxygen atoms in total. The first kappa shape index (κ1) is 18.3. The fourth-order valence-corrected chi connectivity index (χ4v) is 0.953. The maximum absolute atomic E-state index is 12.7. The van der Waals surface area contributed by atoms with Gasteiger partial charge in [-0.3, -0.25) is 4.79 Å². The molecule has 0 heterocycles. The molecule has 0 aliphatic rings. The highest BCUT2D eigenvalue weighted by Gasteiger charge is 2.44. The molecule has 0 saturated carbocycles. The molecule has 0 bridgehead atoms. The maximum atomic E-state index is 12.7. The summed E-state index contributed by atoms with van der Waals surface area (Å²) in [6.45, 7) is 2.50. The van der Waals surface area contributed by atoms with E-state index in [0.717, 1.165) is 0 Å². The number of esters is 2. The Labute approximate surface area is 111 Å². The van der Waals surface area contributed by atoms with Crippen molar-refractivity contribution >= 4 is 11.9 Å². The van der Waals surface area contributed by atoms with Crippen molar-refractivity contribution in [2.45, 2.75) is 31.9 Å². The van der Waals surface area contributed by atoms with Gasteiger partial charge in [0.15, 0.2) is 6.61 Å². The summed E-state index contributed by atoms with van der Waals surface area (Å²) in [5, 5.41) is 0. The van der Waals surface area contributed by atoms with E-state index in [9.17, 15) is 31.5 Å². The quantitative estimate of drug-likeness (QED) is 0.412. The highest BCUT2D eigenvalue weighted by atomic mass is 19.4. The molecule has 0 aromatic rings. The van der Waals surface area contributed by atoms with Crippen LogP contribution in [-0.2, 0) is 19.1 Å². The predicted molar refractivity (Wildman–Crippen MR) is 57.0 cm³/mol. The van der Waals surface area contributed by atoms with E-state index < -0.39 is 50.1 Å². The van der Waals surface area contributed by atoms with E-state index in [0.29, 0.717) is 0 Å². The number of carbonyl (C=O) groups is 2. The van der Waals surface area contributed by atoms with Crippen molar-refractivity contribution in [1.82, 2.24) is 0 Å². The minimum Gasteiger partial charge on any atom is -0.462 e. The van der Waals surface area contributed by atoms with Gasteiger partial charge in [-0.2, -0.15) is 13.2 Å². The first-order chi connectivity index (χ1) is 8.93. The van der Waals surface area contributed by atoms with E-state index in [2.05, 4.69) is 16.1 Å². The number of ether oxygens (including phenoxy) is 2. The van der Waals surface area contributed by atoms with E-state index in [1.54, 1.807) is 0 Å². The molecule has 0 aliphatic heterocycles. The summed E-state index contributed by atoms with van der Waals surface area (Å²) in [6, 6.07) is 0. The van der Waals surface area contributed by atoms with E-state index in [1.165, 1.54) is 6.92 Å². The molecule has 0 aromatic heterocycles. The molecular formula is C11H13F5O4. The van der Waals surface area contributed by atoms with E-state index in [1.807, 2.05) is 0 Å². The van der Waals surface area contributed by atoms with Crippen LogP contribution < -0.4 is 0 Å². The maximum Gasteiger partial charge on any atom is 0.394 e. The molecule has 9 heteroatoms. The predicted octanol–water partition coefficient (Wildman–Crippen LogP) is 2.63. The van der Waals surface area contributed by atoms with Crippen LogP contribution in [0.25, 0.3) is 0 Å². The Morgan fingerprint density at radius 2 is 1.65 bits per heavy atom. The number of carbonyl (C=O) groups excluding carboxylic acids is 2. The van der Waals surface area contributed by atoms with Crippen LogP contribution in [0.4, 0.5) is 22.0 Å². The summed E-state index contributed by atoms with van der Waals surface area (Å²) >= 11 is 0. The lowest BCUT2D eigenvalue weighted by Gasteiger charge is -2.17. The van der Waals surface area contributed by atoms with Crippen molar-refractivity contribution in [1.29, 1.82) is 0 Å². The third kappa shape index (κ3) is 9.29. The minimum atomic E-state index is -5.06. The molecule has 0 fully saturated rings. The molecule has 0 amide bonds. The monoisotopic (exact) mass is 304 g/mol. The van der Waals surface area contributed by atoms with Crippen molar-refractivity contribution < 1.29 is 41.0 Å². The van der Waals surface area contributed by atoms with Crippen molar-refractivity contribution in [2.75, 3.05) is 13.2 Å². The number of hydrogen-bond donors (Lipinski definition) is 0. The van der Waals surface area contributed by atoms with Gasteiger partial charge in [0.25, 0.3) is 5.92 Å². The normalized spacial score (nSPS) is 11.9. The molecule has 0 atom stereocenters. The number of hydrogen-bond acceptors (Lipinski definition) is 4. The summed E-state index contributed by atoms with van der Waals surface area (Å²) in [5.74, 6) is -6.16. The van der Waals surface area contributed by atoms with Gasteiger partial charge in [-0.05, 0) is 6.92 Å². The highest BCUT2D eigenvalue weighted by molar-refractivity contribution is 5.87. The fourth-order valence-electron chi connectivity index (χ4n) is 0.953. The Morgan fingerprint density at radius 1 is 1.10 bits per heavy atom. The van der Waals surface area contributed by atoms with Crippen LogP contribution in [0.2, 0.25) is 0 Å². The van der Waals surface area contributed by atoms with Gasteiger partial charge in [-0.1, -0.05) is 6.58 Å². The summed E-state index contributed by atoms with van der Waals surface area (Å²) in [4.78, 5) is 21.8. The molecule has 0 aliphatic carbocycles. The summed E-state index contributed by atoms with van der Waals surface area (Å²) in [6.07, 6.45) is -7.98. The van der Waals surface area contributed by atoms with Crippen LogP contribution in [0, 0.1) is 0 Å². The lowest BCUT2D eigenvalue weighted by Crippen LogP contribution is -2.32. The van der Waals surface area contributed by atoms with Crippen LogP contribution in [0.5, 0.6) is 0 Å². The van der Waals surface area contributed by atoms with Crippen LogP contribution in [0.15, 0.2) is 12.2 Å². The van der Waals surface area contributed by atoms with Gasteiger partial charge >= 0.3 is 18.1 Å². The van der Waals surface area contributed by atoms with Gasteiger partial charge in [0.2, 0.25) is 0 Å². The Hall–Kier alpha value is -1.67. The topological polar surface area (TPSA) is 52.6 Å². The fraction of sp³-hybridized carbons (Fsp3) is 0.636. The lowest BCUT2D eigenvalue weighted by atomic mass is 10.2. The Balaban J connectivity index is 3.99. The third-order valence-electron chi connectivity index (χ3n) is 1.79. The molecular weight excluding hydrogens is 291 g/mol. The SMILES string of the molecule is C=C(C)C(=O)OCCC(=O)OCC(F)(F)CC(F)(F)F. The molecule has 20 heavy (non-hydrogen) atoms. The zero-order chi connectivity index (χ0) is 16.0. The first-order valence-corrected chi connectivity index (χ1v) is 5.36. The zero-order valence-electron chi connectivity index (χ0n) is 10.6. The van der Waals surface area contributed by atoms with Gasteiger partial charge in [0.05, 0.1) is 6.42 Å². The summed E-state index contributed by atoms with van der Waals surface area (Å²) in [7, 11) is 0. The zero-order valence-corrected chi connectivity index (χ0v) is 10.6. The molecule has 0 rings (SSSR count). The van der Waals surface area contributed by atoms with Crippen molar-refractivity contribution in [3.8, 4) is 0 Å². The summed E-state index contributed by atoms with van der Waals surface area (Å²) in [5.41, 5.74) is 0.0788. The van der Waals surface area contributed by atoms with Crippen LogP contribution in [0.1, 0.15) is 19.8 Å². The Kier molecular flexibility index (Phi) is 6.60. The van der Waals surface area contributed by atoms with Crippen molar-refractivity contribution in [3.63, 3.8) is 0 Å². The van der Waals surface area contributed by atoms with Crippen LogP contribution >= 0.6 is 0 Å². The molecule has 0 saturated heterocycles. The molecule has 0 spiro atoms. The number of rotatable bonds is 7. The lowest BCUT2D eigenvalue weighted by molar-refractivity contribution is -0.204. The summed E-state index contributed by atoms with van der Waals surface area (Å²) < 4.78 is 69.2. The largest absolute Gasteiger partial charge is 0.462 e. The van der Waals surface area contributed by atoms with Crippen molar-refractivity contribution in [2.24, 2.45) is 0 Å². The van der Waals surface area contributed by atoms with Gasteiger partial charge in [0.1, 0.15) is 13.0 Å². The second-order valence-electron chi connectivity index (χ2n) is 3.97. The second-order valence-corrected chi connectivity index (χ2v) is 3.97. The molecule has 0 N–H and O–H groups in total. The molecule has 0 unspecified atom stereocenters. The average Bonchev–Trinajstić information content (AvgIpc) is 2.23. The standard InChI is InChI=1S/C11H13F5O4/c1-7(2)9(18)19-4-3-8(17)20-6-10(12,13)5-11(14,15)16/h1,3-6H2,2H3. The Morgan fingerprint density at radius 3 is 2.10 bits per heavy atom. The van der Waals surface area contributed by atoms with E-state index in [4.69, 9.17) is 0 Å². The number of alkyl halides is 5. The average molecular weight is 304 g/mol. The third-order valence-corrected chi connectivity index (χ3v) is 1.79. The van der Waals surface area contributed by atoms with E-state index in [-0.39, 0.29) is 5.57 Å².